The molecule has 0 bridgehead atoms. The minimum absolute atomic E-state index is 0.272. The van der Waals surface area contributed by atoms with E-state index in [0.29, 0.717) is 5.75 Å². The maximum atomic E-state index is 12.6. The average molecular weight is 338 g/mol. The van der Waals surface area contributed by atoms with Crippen LogP contribution < -0.4 is 0 Å². The van der Waals surface area contributed by atoms with Crippen molar-refractivity contribution in [1.82, 2.24) is 9.80 Å². The molecule has 0 aromatic heterocycles. The number of rotatable bonds is 3. The average Bonchev–Trinajstić information content (AvgIpc) is 2.94. The number of hydrogen-bond donors (Lipinski definition) is 0. The Kier molecular flexibility index (Phi) is 4.33. The molecule has 0 atom stereocenters. The van der Waals surface area contributed by atoms with Gasteiger partial charge in [-0.2, -0.15) is 0 Å². The van der Waals surface area contributed by atoms with Gasteiger partial charge in [-0.1, -0.05) is 48.5 Å². The summed E-state index contributed by atoms with van der Waals surface area (Å²) in [5.41, 5.74) is 5.32. The standard InChI is InChI=1S/C20H22N2OS/c1-21-10-12-22(13-11-21)19(23)14-24-20-17-8-4-2-6-15(17)16-7-3-5-9-18(16)20/h2-9,20H,10-14H2,1H3. The van der Waals surface area contributed by atoms with Crippen molar-refractivity contribution >= 4 is 17.7 Å². The third-order valence-corrected chi connectivity index (χ3v) is 6.26. The summed E-state index contributed by atoms with van der Waals surface area (Å²) >= 11 is 1.77. The number of hydrogen-bond acceptors (Lipinski definition) is 3. The fourth-order valence-electron chi connectivity index (χ4n) is 3.59. The van der Waals surface area contributed by atoms with E-state index in [4.69, 9.17) is 0 Å². The van der Waals surface area contributed by atoms with Crippen molar-refractivity contribution in [3.63, 3.8) is 0 Å². The molecule has 24 heavy (non-hydrogen) atoms. The number of carbonyl (C=O) groups is 1. The number of benzene rings is 2. The largest absolute Gasteiger partial charge is 0.339 e. The Hall–Kier alpha value is -1.78. The lowest BCUT2D eigenvalue weighted by Gasteiger charge is -2.32. The van der Waals surface area contributed by atoms with E-state index in [-0.39, 0.29) is 11.2 Å². The van der Waals surface area contributed by atoms with Gasteiger partial charge in [-0.05, 0) is 29.3 Å². The second-order valence-electron chi connectivity index (χ2n) is 6.55. The van der Waals surface area contributed by atoms with E-state index in [1.807, 2.05) is 4.90 Å². The number of fused-ring (bicyclic) bond motifs is 3. The summed E-state index contributed by atoms with van der Waals surface area (Å²) in [7, 11) is 2.11. The molecular formula is C20H22N2OS. The van der Waals surface area contributed by atoms with Crippen LogP contribution in [0.1, 0.15) is 16.4 Å². The normalized spacial score (nSPS) is 17.6. The molecule has 0 radical (unpaired) electrons. The van der Waals surface area contributed by atoms with Crippen molar-refractivity contribution in [2.24, 2.45) is 0 Å². The van der Waals surface area contributed by atoms with Crippen molar-refractivity contribution in [1.29, 1.82) is 0 Å². The summed E-state index contributed by atoms with van der Waals surface area (Å²) in [5.74, 6) is 0.826. The molecule has 1 heterocycles. The van der Waals surface area contributed by atoms with E-state index < -0.39 is 0 Å². The van der Waals surface area contributed by atoms with Gasteiger partial charge >= 0.3 is 0 Å². The van der Waals surface area contributed by atoms with Crippen molar-refractivity contribution in [3.8, 4) is 11.1 Å². The molecule has 0 spiro atoms. The van der Waals surface area contributed by atoms with Gasteiger partial charge in [0.2, 0.25) is 5.91 Å². The zero-order valence-corrected chi connectivity index (χ0v) is 14.8. The Labute approximate surface area is 147 Å². The van der Waals surface area contributed by atoms with E-state index in [0.717, 1.165) is 26.2 Å². The summed E-state index contributed by atoms with van der Waals surface area (Å²) in [6, 6.07) is 17.2. The lowest BCUT2D eigenvalue weighted by molar-refractivity contribution is -0.129. The van der Waals surface area contributed by atoms with Crippen LogP contribution in [0, 0.1) is 0 Å². The van der Waals surface area contributed by atoms with Crippen molar-refractivity contribution in [3.05, 3.63) is 59.7 Å². The van der Waals surface area contributed by atoms with Crippen LogP contribution in [-0.2, 0) is 4.79 Å². The fraction of sp³-hybridized carbons (Fsp3) is 0.350. The molecule has 2 aromatic carbocycles. The number of amides is 1. The van der Waals surface area contributed by atoms with Gasteiger partial charge in [0.05, 0.1) is 11.0 Å². The van der Waals surface area contributed by atoms with Gasteiger partial charge in [0, 0.05) is 26.2 Å². The molecule has 1 amide bonds. The molecule has 2 aromatic rings. The molecule has 124 valence electrons. The first-order valence-electron chi connectivity index (χ1n) is 8.50. The lowest BCUT2D eigenvalue weighted by atomic mass is 10.1. The third kappa shape index (κ3) is 2.85. The van der Waals surface area contributed by atoms with Crippen LogP contribution in [0.2, 0.25) is 0 Å². The Bertz CT molecular complexity index is 707. The zero-order chi connectivity index (χ0) is 16.5. The summed E-state index contributed by atoms with van der Waals surface area (Å²) < 4.78 is 0. The van der Waals surface area contributed by atoms with E-state index >= 15 is 0 Å². The molecule has 0 saturated carbocycles. The Balaban J connectivity index is 1.50. The highest BCUT2D eigenvalue weighted by molar-refractivity contribution is 8.00. The zero-order valence-electron chi connectivity index (χ0n) is 13.9. The van der Waals surface area contributed by atoms with Crippen molar-refractivity contribution in [2.45, 2.75) is 5.25 Å². The maximum absolute atomic E-state index is 12.6. The number of carbonyl (C=O) groups excluding carboxylic acids is 1. The Morgan fingerprint density at radius 3 is 2.08 bits per heavy atom. The fourth-order valence-corrected chi connectivity index (χ4v) is 4.85. The molecule has 1 aliphatic heterocycles. The molecule has 4 heteroatoms. The summed E-state index contributed by atoms with van der Waals surface area (Å²) in [6.45, 7) is 3.67. The second-order valence-corrected chi connectivity index (χ2v) is 7.64. The maximum Gasteiger partial charge on any atom is 0.232 e. The Morgan fingerprint density at radius 1 is 0.958 bits per heavy atom. The third-order valence-electron chi connectivity index (χ3n) is 5.01. The SMILES string of the molecule is CN1CCN(C(=O)CSC2c3ccccc3-c3ccccc32)CC1. The minimum Gasteiger partial charge on any atom is -0.339 e. The molecule has 2 aliphatic rings. The number of likely N-dealkylation sites (N-methyl/N-ethyl adjacent to an activating group) is 1. The van der Waals surface area contributed by atoms with E-state index in [2.05, 4.69) is 60.5 Å². The van der Waals surface area contributed by atoms with Crippen molar-refractivity contribution < 1.29 is 4.79 Å². The summed E-state index contributed by atoms with van der Waals surface area (Å²) in [4.78, 5) is 16.9. The highest BCUT2D eigenvalue weighted by Gasteiger charge is 2.29. The van der Waals surface area contributed by atoms with Crippen LogP contribution >= 0.6 is 11.8 Å². The van der Waals surface area contributed by atoms with E-state index in [1.165, 1.54) is 22.3 Å². The topological polar surface area (TPSA) is 23.6 Å². The van der Waals surface area contributed by atoms with Crippen LogP contribution in [0.3, 0.4) is 0 Å². The molecule has 0 N–H and O–H groups in total. The van der Waals surface area contributed by atoms with Gasteiger partial charge in [-0.25, -0.2) is 0 Å². The van der Waals surface area contributed by atoms with E-state index in [9.17, 15) is 4.79 Å². The number of thioether (sulfide) groups is 1. The van der Waals surface area contributed by atoms with Crippen LogP contribution in [0.5, 0.6) is 0 Å². The smallest absolute Gasteiger partial charge is 0.232 e. The molecule has 1 aliphatic carbocycles. The molecule has 3 nitrogen and oxygen atoms in total. The van der Waals surface area contributed by atoms with Gasteiger partial charge in [0.1, 0.15) is 0 Å². The van der Waals surface area contributed by atoms with Crippen LogP contribution in [0.4, 0.5) is 0 Å². The second kappa shape index (κ2) is 6.61. The summed E-state index contributed by atoms with van der Waals surface area (Å²) in [6.07, 6.45) is 0. The van der Waals surface area contributed by atoms with Gasteiger partial charge in [-0.15, -0.1) is 11.8 Å². The first kappa shape index (κ1) is 15.7. The number of piperazine rings is 1. The molecular weight excluding hydrogens is 316 g/mol. The monoisotopic (exact) mass is 338 g/mol. The van der Waals surface area contributed by atoms with Crippen LogP contribution in [0.15, 0.2) is 48.5 Å². The van der Waals surface area contributed by atoms with Gasteiger partial charge < -0.3 is 9.80 Å². The Morgan fingerprint density at radius 2 is 1.50 bits per heavy atom. The van der Waals surface area contributed by atoms with Gasteiger partial charge in [0.25, 0.3) is 0 Å². The van der Waals surface area contributed by atoms with Crippen molar-refractivity contribution in [2.75, 3.05) is 39.0 Å². The predicted octanol–water partition coefficient (Wildman–Crippen LogP) is 3.26. The lowest BCUT2D eigenvalue weighted by Crippen LogP contribution is -2.47. The molecule has 1 saturated heterocycles. The first-order valence-corrected chi connectivity index (χ1v) is 9.55. The minimum atomic E-state index is 0.272. The highest BCUT2D eigenvalue weighted by atomic mass is 32.2. The quantitative estimate of drug-likeness (QED) is 0.858. The van der Waals surface area contributed by atoms with Crippen LogP contribution in [0.25, 0.3) is 11.1 Å². The van der Waals surface area contributed by atoms with Crippen LogP contribution in [-0.4, -0.2) is 54.7 Å². The van der Waals surface area contributed by atoms with Gasteiger partial charge in [-0.3, -0.25) is 4.79 Å². The molecule has 4 rings (SSSR count). The predicted molar refractivity (Wildman–Crippen MR) is 100 cm³/mol. The first-order chi connectivity index (χ1) is 11.7. The molecule has 1 fully saturated rings. The summed E-state index contributed by atoms with van der Waals surface area (Å²) in [5, 5.41) is 0.272. The van der Waals surface area contributed by atoms with E-state index in [1.54, 1.807) is 11.8 Å². The van der Waals surface area contributed by atoms with Gasteiger partial charge in [0.15, 0.2) is 0 Å². The number of nitrogens with zero attached hydrogens (tertiary/aromatic N) is 2. The highest BCUT2D eigenvalue weighted by Crippen LogP contribution is 2.49. The molecule has 0 unspecified atom stereocenters.